The van der Waals surface area contributed by atoms with E-state index in [0.717, 1.165) is 5.56 Å². The highest BCUT2D eigenvalue weighted by Gasteiger charge is 2.10. The molecule has 1 N–H and O–H groups in total. The number of hydrogen-bond donors (Lipinski definition) is 1. The number of hydrogen-bond acceptors (Lipinski definition) is 3. The van der Waals surface area contributed by atoms with E-state index in [2.05, 4.69) is 15.5 Å². The van der Waals surface area contributed by atoms with Gasteiger partial charge in [-0.05, 0) is 31.2 Å². The SMILES string of the molecule is Cc1ccc(C(=O)Nc2nnc3ccccn23)cc1. The fraction of sp³-hybridized carbons (Fsp3) is 0.0714. The van der Waals surface area contributed by atoms with Gasteiger partial charge in [0.25, 0.3) is 5.91 Å². The van der Waals surface area contributed by atoms with Crippen LogP contribution in [0.4, 0.5) is 5.95 Å². The molecule has 94 valence electrons. The molecule has 0 radical (unpaired) electrons. The molecule has 2 aromatic heterocycles. The number of rotatable bonds is 2. The molecule has 0 saturated heterocycles. The molecule has 0 aliphatic carbocycles. The summed E-state index contributed by atoms with van der Waals surface area (Å²) in [4.78, 5) is 12.1. The van der Waals surface area contributed by atoms with E-state index in [1.165, 1.54) is 0 Å². The maximum Gasteiger partial charge on any atom is 0.258 e. The van der Waals surface area contributed by atoms with Crippen molar-refractivity contribution in [1.29, 1.82) is 0 Å². The van der Waals surface area contributed by atoms with Crippen LogP contribution in [0, 0.1) is 6.92 Å². The van der Waals surface area contributed by atoms with Crippen LogP contribution in [0.2, 0.25) is 0 Å². The number of benzene rings is 1. The maximum absolute atomic E-state index is 12.1. The van der Waals surface area contributed by atoms with Crippen molar-refractivity contribution in [1.82, 2.24) is 14.6 Å². The normalized spacial score (nSPS) is 10.6. The first-order valence-electron chi connectivity index (χ1n) is 5.92. The predicted octanol–water partition coefficient (Wildman–Crippen LogP) is 2.29. The van der Waals surface area contributed by atoms with Gasteiger partial charge in [0.05, 0.1) is 0 Å². The van der Waals surface area contributed by atoms with Gasteiger partial charge >= 0.3 is 0 Å². The van der Waals surface area contributed by atoms with Crippen molar-refractivity contribution in [2.45, 2.75) is 6.92 Å². The number of pyridine rings is 1. The summed E-state index contributed by atoms with van der Waals surface area (Å²) >= 11 is 0. The van der Waals surface area contributed by atoms with Crippen LogP contribution in [-0.2, 0) is 0 Å². The Hall–Kier alpha value is -2.69. The molecule has 19 heavy (non-hydrogen) atoms. The van der Waals surface area contributed by atoms with Gasteiger partial charge in [-0.15, -0.1) is 10.2 Å². The smallest absolute Gasteiger partial charge is 0.258 e. The monoisotopic (exact) mass is 252 g/mol. The number of carbonyl (C=O) groups excluding carboxylic acids is 1. The molecule has 0 spiro atoms. The second-order valence-electron chi connectivity index (χ2n) is 4.27. The molecule has 5 heteroatoms. The molecule has 3 aromatic rings. The van der Waals surface area contributed by atoms with Crippen molar-refractivity contribution in [2.24, 2.45) is 0 Å². The van der Waals surface area contributed by atoms with Crippen molar-refractivity contribution in [3.8, 4) is 0 Å². The molecule has 0 saturated carbocycles. The van der Waals surface area contributed by atoms with E-state index in [1.807, 2.05) is 37.3 Å². The Morgan fingerprint density at radius 1 is 1.11 bits per heavy atom. The Balaban J connectivity index is 1.89. The molecular weight excluding hydrogens is 240 g/mol. The molecule has 0 bridgehead atoms. The van der Waals surface area contributed by atoms with E-state index in [9.17, 15) is 4.79 Å². The van der Waals surface area contributed by atoms with Gasteiger partial charge in [-0.1, -0.05) is 23.8 Å². The van der Waals surface area contributed by atoms with E-state index < -0.39 is 0 Å². The average molecular weight is 252 g/mol. The first kappa shape index (κ1) is 11.4. The molecule has 3 rings (SSSR count). The van der Waals surface area contributed by atoms with Gasteiger partial charge in [0.1, 0.15) is 0 Å². The van der Waals surface area contributed by atoms with Crippen LogP contribution in [0.3, 0.4) is 0 Å². The molecule has 2 heterocycles. The molecule has 0 aliphatic rings. The van der Waals surface area contributed by atoms with Crippen molar-refractivity contribution in [3.05, 3.63) is 59.8 Å². The molecular formula is C14H12N4O. The lowest BCUT2D eigenvalue weighted by Crippen LogP contribution is -2.14. The lowest BCUT2D eigenvalue weighted by molar-refractivity contribution is 0.102. The van der Waals surface area contributed by atoms with Crippen LogP contribution in [0.25, 0.3) is 5.65 Å². The molecule has 5 nitrogen and oxygen atoms in total. The van der Waals surface area contributed by atoms with Crippen LogP contribution in [0.5, 0.6) is 0 Å². The molecule has 1 aromatic carbocycles. The van der Waals surface area contributed by atoms with Crippen LogP contribution in [-0.4, -0.2) is 20.5 Å². The Bertz CT molecular complexity index is 731. The largest absolute Gasteiger partial charge is 0.290 e. The van der Waals surface area contributed by atoms with Gasteiger partial charge in [-0.2, -0.15) is 0 Å². The van der Waals surface area contributed by atoms with Gasteiger partial charge in [-0.3, -0.25) is 14.5 Å². The summed E-state index contributed by atoms with van der Waals surface area (Å²) in [6, 6.07) is 12.9. The fourth-order valence-electron chi connectivity index (χ4n) is 1.81. The minimum absolute atomic E-state index is 0.196. The van der Waals surface area contributed by atoms with Crippen LogP contribution >= 0.6 is 0 Å². The van der Waals surface area contributed by atoms with Crippen molar-refractivity contribution in [2.75, 3.05) is 5.32 Å². The summed E-state index contributed by atoms with van der Waals surface area (Å²) in [6.45, 7) is 1.98. The molecule has 1 amide bonds. The van der Waals surface area contributed by atoms with Crippen molar-refractivity contribution < 1.29 is 4.79 Å². The quantitative estimate of drug-likeness (QED) is 0.761. The van der Waals surface area contributed by atoms with E-state index in [4.69, 9.17) is 0 Å². The number of aromatic nitrogens is 3. The highest BCUT2D eigenvalue weighted by molar-refractivity contribution is 6.03. The topological polar surface area (TPSA) is 59.3 Å². The standard InChI is InChI=1S/C14H12N4O/c1-10-5-7-11(8-6-10)13(19)15-14-17-16-12-4-2-3-9-18(12)14/h2-9H,1H3,(H,15,17,19). The highest BCUT2D eigenvalue weighted by atomic mass is 16.1. The number of carbonyl (C=O) groups is 1. The van der Waals surface area contributed by atoms with Crippen LogP contribution in [0.15, 0.2) is 48.7 Å². The first-order valence-corrected chi connectivity index (χ1v) is 5.92. The fourth-order valence-corrected chi connectivity index (χ4v) is 1.81. The summed E-state index contributed by atoms with van der Waals surface area (Å²) in [5.74, 6) is 0.222. The van der Waals surface area contributed by atoms with Crippen molar-refractivity contribution in [3.63, 3.8) is 0 Å². The van der Waals surface area contributed by atoms with E-state index >= 15 is 0 Å². The first-order chi connectivity index (χ1) is 9.24. The minimum atomic E-state index is -0.196. The number of anilines is 1. The summed E-state index contributed by atoms with van der Waals surface area (Å²) in [6.07, 6.45) is 1.81. The van der Waals surface area contributed by atoms with Crippen LogP contribution in [0.1, 0.15) is 15.9 Å². The lowest BCUT2D eigenvalue weighted by Gasteiger charge is -2.03. The van der Waals surface area contributed by atoms with E-state index in [1.54, 1.807) is 22.7 Å². The van der Waals surface area contributed by atoms with Crippen molar-refractivity contribution >= 4 is 17.5 Å². The molecule has 0 fully saturated rings. The Kier molecular flexibility index (Phi) is 2.72. The number of nitrogens with one attached hydrogen (secondary N) is 1. The second kappa shape index (κ2) is 4.53. The Morgan fingerprint density at radius 3 is 2.68 bits per heavy atom. The highest BCUT2D eigenvalue weighted by Crippen LogP contribution is 2.10. The van der Waals surface area contributed by atoms with E-state index in [0.29, 0.717) is 17.2 Å². The number of fused-ring (bicyclic) bond motifs is 1. The van der Waals surface area contributed by atoms with Gasteiger partial charge in [-0.25, -0.2) is 0 Å². The van der Waals surface area contributed by atoms with E-state index in [-0.39, 0.29) is 5.91 Å². The summed E-state index contributed by atoms with van der Waals surface area (Å²) in [7, 11) is 0. The molecule has 0 atom stereocenters. The maximum atomic E-state index is 12.1. The van der Waals surface area contributed by atoms with Gasteiger partial charge in [0.15, 0.2) is 5.65 Å². The Labute approximate surface area is 109 Å². The number of amides is 1. The Morgan fingerprint density at radius 2 is 1.89 bits per heavy atom. The number of aryl methyl sites for hydroxylation is 1. The minimum Gasteiger partial charge on any atom is -0.290 e. The second-order valence-corrected chi connectivity index (χ2v) is 4.27. The zero-order chi connectivity index (χ0) is 13.2. The third-order valence-electron chi connectivity index (χ3n) is 2.85. The zero-order valence-corrected chi connectivity index (χ0v) is 10.4. The third-order valence-corrected chi connectivity index (χ3v) is 2.85. The average Bonchev–Trinajstić information content (AvgIpc) is 2.83. The lowest BCUT2D eigenvalue weighted by atomic mass is 10.1. The molecule has 0 unspecified atom stereocenters. The summed E-state index contributed by atoms with van der Waals surface area (Å²) < 4.78 is 1.73. The summed E-state index contributed by atoms with van der Waals surface area (Å²) in [5.41, 5.74) is 2.41. The van der Waals surface area contributed by atoms with Gasteiger partial charge < -0.3 is 0 Å². The summed E-state index contributed by atoms with van der Waals surface area (Å²) in [5, 5.41) is 10.7. The zero-order valence-electron chi connectivity index (χ0n) is 10.4. The van der Waals surface area contributed by atoms with Gasteiger partial charge in [0.2, 0.25) is 5.95 Å². The van der Waals surface area contributed by atoms with Crippen LogP contribution < -0.4 is 5.32 Å². The number of nitrogens with zero attached hydrogens (tertiary/aromatic N) is 3. The third kappa shape index (κ3) is 2.18. The van der Waals surface area contributed by atoms with Gasteiger partial charge in [0, 0.05) is 11.8 Å². The predicted molar refractivity (Wildman–Crippen MR) is 72.1 cm³/mol. The molecule has 0 aliphatic heterocycles.